The summed E-state index contributed by atoms with van der Waals surface area (Å²) < 4.78 is 20.2. The molecule has 4 N–H and O–H groups in total. The molecule has 0 saturated carbocycles. The van der Waals surface area contributed by atoms with E-state index >= 15 is 4.57 Å². The summed E-state index contributed by atoms with van der Waals surface area (Å²) in [7, 11) is -3.54. The molecule has 3 aromatic carbocycles. The lowest BCUT2D eigenvalue weighted by atomic mass is 9.75. The molecule has 4 rings (SSSR count). The van der Waals surface area contributed by atoms with Gasteiger partial charge in [0.15, 0.2) is 0 Å². The Bertz CT molecular complexity index is 1080. The number of aliphatic hydroxyl groups excluding tert-OH is 4. The Hall–Kier alpha value is -2.43. The van der Waals surface area contributed by atoms with Crippen molar-refractivity contribution >= 4 is 7.59 Å². The van der Waals surface area contributed by atoms with E-state index in [0.717, 1.165) is 16.7 Å². The average molecular weight is 583 g/mol. The van der Waals surface area contributed by atoms with Crippen molar-refractivity contribution in [1.82, 2.24) is 18.9 Å². The maximum Gasteiger partial charge on any atom is 0.287 e. The molecule has 0 bridgehead atoms. The number of hydrogen-bond donors (Lipinski definition) is 4. The van der Waals surface area contributed by atoms with Gasteiger partial charge in [-0.1, -0.05) is 91.0 Å². The lowest BCUT2D eigenvalue weighted by molar-refractivity contribution is 0.0922. The molecule has 0 amide bonds. The summed E-state index contributed by atoms with van der Waals surface area (Å²) in [5, 5.41) is 39.2. The fourth-order valence-corrected chi connectivity index (χ4v) is 9.29. The molecule has 0 aliphatic carbocycles. The van der Waals surface area contributed by atoms with E-state index in [1.807, 2.05) is 22.9 Å². The first-order valence-electron chi connectivity index (χ1n) is 14.3. The predicted octanol–water partition coefficient (Wildman–Crippen LogP) is 2.28. The van der Waals surface area contributed by atoms with E-state index in [9.17, 15) is 20.4 Å². The molecule has 0 unspecified atom stereocenters. The second-order valence-corrected chi connectivity index (χ2v) is 12.8. The Morgan fingerprint density at radius 1 is 0.561 bits per heavy atom. The monoisotopic (exact) mass is 582 g/mol. The molecule has 1 fully saturated rings. The van der Waals surface area contributed by atoms with Crippen LogP contribution >= 0.6 is 7.59 Å². The molecule has 222 valence electrons. The first kappa shape index (κ1) is 31.5. The predicted molar refractivity (Wildman–Crippen MR) is 161 cm³/mol. The molecule has 1 aliphatic rings. The minimum Gasteiger partial charge on any atom is -0.395 e. The van der Waals surface area contributed by atoms with Crippen LogP contribution in [0.3, 0.4) is 0 Å². The van der Waals surface area contributed by atoms with Crippen LogP contribution in [-0.2, 0) is 10.1 Å². The zero-order valence-corrected chi connectivity index (χ0v) is 24.5. The van der Waals surface area contributed by atoms with Crippen molar-refractivity contribution in [3.8, 4) is 0 Å². The molecular formula is C31H43N4O5P. The molecule has 1 aliphatic heterocycles. The minimum absolute atomic E-state index is 0.105. The smallest absolute Gasteiger partial charge is 0.287 e. The largest absolute Gasteiger partial charge is 0.395 e. The van der Waals surface area contributed by atoms with Crippen LogP contribution in [0.15, 0.2) is 91.0 Å². The molecule has 1 heterocycles. The summed E-state index contributed by atoms with van der Waals surface area (Å²) in [6.45, 7) is 1.58. The van der Waals surface area contributed by atoms with Crippen molar-refractivity contribution in [1.29, 1.82) is 0 Å². The topological polar surface area (TPSA) is 111 Å². The first-order chi connectivity index (χ1) is 20.1. The van der Waals surface area contributed by atoms with Crippen molar-refractivity contribution in [3.05, 3.63) is 108 Å². The van der Waals surface area contributed by atoms with Gasteiger partial charge in [0.05, 0.1) is 32.0 Å². The van der Waals surface area contributed by atoms with Gasteiger partial charge in [0.25, 0.3) is 7.59 Å². The van der Waals surface area contributed by atoms with Crippen LogP contribution in [0.5, 0.6) is 0 Å². The van der Waals surface area contributed by atoms with E-state index in [0.29, 0.717) is 26.2 Å². The summed E-state index contributed by atoms with van der Waals surface area (Å²) in [5.41, 5.74) is 2.82. The van der Waals surface area contributed by atoms with Crippen molar-refractivity contribution in [2.75, 3.05) is 78.8 Å². The number of hydrogen-bond acceptors (Lipinski definition) is 6. The van der Waals surface area contributed by atoms with Gasteiger partial charge in [-0.25, -0.2) is 14.0 Å². The van der Waals surface area contributed by atoms with Gasteiger partial charge >= 0.3 is 0 Å². The molecule has 0 radical (unpaired) electrons. The van der Waals surface area contributed by atoms with Crippen molar-refractivity contribution < 1.29 is 25.0 Å². The third-order valence-corrected chi connectivity index (χ3v) is 11.3. The lowest BCUT2D eigenvalue weighted by Gasteiger charge is -2.52. The van der Waals surface area contributed by atoms with E-state index in [-0.39, 0.29) is 52.6 Å². The SMILES string of the molecule is O=P(N(CCO)CCO)(N(CCO)CCO)N1CCN(C(c2ccccc2)(c2ccccc2)c2ccccc2)CC1. The summed E-state index contributed by atoms with van der Waals surface area (Å²) in [6.07, 6.45) is 0. The Morgan fingerprint density at radius 2 is 0.878 bits per heavy atom. The second-order valence-electron chi connectivity index (χ2n) is 10.1. The van der Waals surface area contributed by atoms with Gasteiger partial charge in [-0.3, -0.25) is 9.46 Å². The van der Waals surface area contributed by atoms with Crippen LogP contribution in [0.2, 0.25) is 0 Å². The number of nitrogens with zero attached hydrogens (tertiary/aromatic N) is 4. The zero-order chi connectivity index (χ0) is 29.1. The van der Waals surface area contributed by atoms with E-state index in [1.54, 1.807) is 9.34 Å². The molecule has 0 atom stereocenters. The molecule has 1 saturated heterocycles. The zero-order valence-electron chi connectivity index (χ0n) is 23.6. The Balaban J connectivity index is 1.78. The number of benzene rings is 3. The van der Waals surface area contributed by atoms with Crippen molar-refractivity contribution in [3.63, 3.8) is 0 Å². The highest BCUT2D eigenvalue weighted by Gasteiger charge is 2.48. The maximum absolute atomic E-state index is 15.0. The van der Waals surface area contributed by atoms with E-state index in [4.69, 9.17) is 0 Å². The lowest BCUT2D eigenvalue weighted by Crippen LogP contribution is -2.58. The van der Waals surface area contributed by atoms with Gasteiger partial charge in [0, 0.05) is 52.4 Å². The van der Waals surface area contributed by atoms with Crippen LogP contribution in [0.1, 0.15) is 16.7 Å². The van der Waals surface area contributed by atoms with Crippen LogP contribution in [0, 0.1) is 0 Å². The molecule has 10 heteroatoms. The van der Waals surface area contributed by atoms with Gasteiger partial charge in [0.2, 0.25) is 0 Å². The van der Waals surface area contributed by atoms with Gasteiger partial charge in [-0.15, -0.1) is 0 Å². The summed E-state index contributed by atoms with van der Waals surface area (Å²) >= 11 is 0. The number of aliphatic hydroxyl groups is 4. The highest BCUT2D eigenvalue weighted by Crippen LogP contribution is 2.57. The minimum atomic E-state index is -3.54. The highest BCUT2D eigenvalue weighted by molar-refractivity contribution is 7.56. The molecule has 3 aromatic rings. The fourth-order valence-electron chi connectivity index (χ4n) is 6.12. The highest BCUT2D eigenvalue weighted by atomic mass is 31.2. The Kier molecular flexibility index (Phi) is 11.6. The maximum atomic E-state index is 15.0. The number of rotatable bonds is 15. The standard InChI is InChI=1S/C31H43N4O5P/c36-24-20-34(21-25-37)41(40,35(22-26-38)23-27-39)33-18-16-32(17-19-33)31(28-10-4-1-5-11-28,29-12-6-2-7-13-29)30-14-8-3-9-15-30/h1-15,36-39H,16-27H2. The van der Waals surface area contributed by atoms with E-state index in [1.165, 1.54) is 0 Å². The number of piperazine rings is 1. The first-order valence-corrected chi connectivity index (χ1v) is 15.8. The second kappa shape index (κ2) is 15.2. The summed E-state index contributed by atoms with van der Waals surface area (Å²) in [5.74, 6) is 0. The summed E-state index contributed by atoms with van der Waals surface area (Å²) in [4.78, 5) is 2.44. The van der Waals surface area contributed by atoms with Crippen molar-refractivity contribution in [2.45, 2.75) is 5.54 Å². The Labute approximate surface area is 243 Å². The van der Waals surface area contributed by atoms with Crippen LogP contribution in [-0.4, -0.2) is 118 Å². The molecule has 9 nitrogen and oxygen atoms in total. The fraction of sp³-hybridized carbons (Fsp3) is 0.419. The van der Waals surface area contributed by atoms with Gasteiger partial charge in [-0.2, -0.15) is 0 Å². The van der Waals surface area contributed by atoms with Gasteiger partial charge in [0.1, 0.15) is 0 Å². The van der Waals surface area contributed by atoms with Gasteiger partial charge in [-0.05, 0) is 16.7 Å². The summed E-state index contributed by atoms with van der Waals surface area (Å²) in [6, 6.07) is 31.4. The van der Waals surface area contributed by atoms with Crippen molar-refractivity contribution in [2.24, 2.45) is 0 Å². The normalized spacial score (nSPS) is 15.6. The van der Waals surface area contributed by atoms with Crippen LogP contribution in [0.4, 0.5) is 0 Å². The quantitative estimate of drug-likeness (QED) is 0.159. The third-order valence-electron chi connectivity index (χ3n) is 7.84. The Morgan fingerprint density at radius 3 is 1.17 bits per heavy atom. The van der Waals surface area contributed by atoms with Crippen LogP contribution < -0.4 is 0 Å². The average Bonchev–Trinajstić information content (AvgIpc) is 3.03. The molecule has 41 heavy (non-hydrogen) atoms. The van der Waals surface area contributed by atoms with E-state index in [2.05, 4.69) is 77.7 Å². The van der Waals surface area contributed by atoms with Gasteiger partial charge < -0.3 is 20.4 Å². The molecular weight excluding hydrogens is 539 g/mol. The van der Waals surface area contributed by atoms with E-state index < -0.39 is 13.1 Å². The third kappa shape index (κ3) is 6.49. The van der Waals surface area contributed by atoms with Crippen LogP contribution in [0.25, 0.3) is 0 Å². The molecule has 0 spiro atoms. The molecule has 0 aromatic heterocycles.